The van der Waals surface area contributed by atoms with E-state index in [4.69, 9.17) is 4.42 Å². The Morgan fingerprint density at radius 1 is 0.339 bits per heavy atom. The Bertz CT molecular complexity index is 3390. The predicted octanol–water partition coefficient (Wildman–Crippen LogP) is 15.5. The molecule has 12 rings (SSSR count). The van der Waals surface area contributed by atoms with Gasteiger partial charge in [0.2, 0.25) is 0 Å². The van der Waals surface area contributed by atoms with Crippen LogP contribution in [0.25, 0.3) is 110 Å². The molecule has 0 saturated carbocycles. The average Bonchev–Trinajstić information content (AvgIpc) is 3.72. The van der Waals surface area contributed by atoms with Gasteiger partial charge in [0.05, 0.1) is 0 Å². The summed E-state index contributed by atoms with van der Waals surface area (Å²) in [6.07, 6.45) is 0. The summed E-state index contributed by atoms with van der Waals surface area (Å²) >= 11 is 0. The molecule has 0 radical (unpaired) electrons. The van der Waals surface area contributed by atoms with Gasteiger partial charge < -0.3 is 4.42 Å². The van der Waals surface area contributed by atoms with Gasteiger partial charge in [0, 0.05) is 16.2 Å². The molecule has 1 aliphatic carbocycles. The zero-order valence-corrected chi connectivity index (χ0v) is 31.2. The SMILES string of the molecule is CC1(C)c2cc(-c3cccc(-c4c5ccccc5c(-c5ccc6ccccc6c5)c5ccccc45)c3)ccc2-c2cc3oc4ccc5ccccc5c4c3cc21. The van der Waals surface area contributed by atoms with Crippen LogP contribution in [0.1, 0.15) is 25.0 Å². The van der Waals surface area contributed by atoms with Crippen molar-refractivity contribution in [3.8, 4) is 44.5 Å². The van der Waals surface area contributed by atoms with Gasteiger partial charge in [-0.1, -0.05) is 159 Å². The van der Waals surface area contributed by atoms with Crippen molar-refractivity contribution in [1.82, 2.24) is 0 Å². The first-order valence-corrected chi connectivity index (χ1v) is 19.6. The Hall–Kier alpha value is -6.96. The summed E-state index contributed by atoms with van der Waals surface area (Å²) in [7, 11) is 0. The number of hydrogen-bond donors (Lipinski definition) is 0. The van der Waals surface area contributed by atoms with Crippen LogP contribution in [0.3, 0.4) is 0 Å². The van der Waals surface area contributed by atoms with Gasteiger partial charge in [0.1, 0.15) is 11.2 Å². The second-order valence-electron chi connectivity index (χ2n) is 16.0. The summed E-state index contributed by atoms with van der Waals surface area (Å²) in [6.45, 7) is 4.75. The van der Waals surface area contributed by atoms with Gasteiger partial charge in [-0.15, -0.1) is 0 Å². The molecule has 1 aromatic heterocycles. The van der Waals surface area contributed by atoms with Gasteiger partial charge in [-0.05, 0) is 135 Å². The maximum Gasteiger partial charge on any atom is 0.136 e. The van der Waals surface area contributed by atoms with Crippen molar-refractivity contribution in [3.63, 3.8) is 0 Å². The van der Waals surface area contributed by atoms with Crippen LogP contribution in [0.5, 0.6) is 0 Å². The highest BCUT2D eigenvalue weighted by Gasteiger charge is 2.36. The zero-order valence-electron chi connectivity index (χ0n) is 31.2. The molecule has 1 heteroatoms. The smallest absolute Gasteiger partial charge is 0.136 e. The van der Waals surface area contributed by atoms with Crippen LogP contribution >= 0.6 is 0 Å². The first kappa shape index (κ1) is 31.4. The summed E-state index contributed by atoms with van der Waals surface area (Å²) < 4.78 is 6.53. The van der Waals surface area contributed by atoms with E-state index in [-0.39, 0.29) is 5.41 Å². The summed E-state index contributed by atoms with van der Waals surface area (Å²) in [4.78, 5) is 0. The highest BCUT2D eigenvalue weighted by molar-refractivity contribution is 6.22. The van der Waals surface area contributed by atoms with E-state index in [2.05, 4.69) is 196 Å². The molecule has 1 aliphatic rings. The predicted molar refractivity (Wildman–Crippen MR) is 238 cm³/mol. The lowest BCUT2D eigenvalue weighted by atomic mass is 9.81. The van der Waals surface area contributed by atoms with Crippen LogP contribution in [-0.4, -0.2) is 0 Å². The van der Waals surface area contributed by atoms with E-state index in [1.807, 2.05) is 0 Å². The molecule has 0 aliphatic heterocycles. The molecule has 262 valence electrons. The van der Waals surface area contributed by atoms with Gasteiger partial charge in [-0.25, -0.2) is 0 Å². The number of benzene rings is 10. The number of furan rings is 1. The van der Waals surface area contributed by atoms with E-state index in [9.17, 15) is 0 Å². The molecular weight excluding hydrogens is 677 g/mol. The van der Waals surface area contributed by atoms with Crippen molar-refractivity contribution in [3.05, 3.63) is 193 Å². The maximum absolute atomic E-state index is 6.53. The van der Waals surface area contributed by atoms with E-state index in [1.54, 1.807) is 0 Å². The monoisotopic (exact) mass is 712 g/mol. The second kappa shape index (κ2) is 11.5. The van der Waals surface area contributed by atoms with Crippen LogP contribution in [0.4, 0.5) is 0 Å². The summed E-state index contributed by atoms with van der Waals surface area (Å²) in [5, 5.41) is 12.5. The Labute approximate surface area is 325 Å². The van der Waals surface area contributed by atoms with Gasteiger partial charge in [-0.2, -0.15) is 0 Å². The Morgan fingerprint density at radius 2 is 0.893 bits per heavy atom. The molecule has 0 N–H and O–H groups in total. The van der Waals surface area contributed by atoms with E-state index >= 15 is 0 Å². The number of fused-ring (bicyclic) bond motifs is 11. The molecule has 0 spiro atoms. The Morgan fingerprint density at radius 3 is 1.62 bits per heavy atom. The third-order valence-electron chi connectivity index (χ3n) is 12.6. The fraction of sp³-hybridized carbons (Fsp3) is 0.0545. The Kier molecular flexibility index (Phi) is 6.46. The van der Waals surface area contributed by atoms with Crippen molar-refractivity contribution < 1.29 is 4.42 Å². The topological polar surface area (TPSA) is 13.1 Å². The molecule has 0 bridgehead atoms. The van der Waals surface area contributed by atoms with E-state index in [0.717, 1.165) is 11.2 Å². The van der Waals surface area contributed by atoms with Crippen LogP contribution < -0.4 is 0 Å². The zero-order chi connectivity index (χ0) is 37.1. The molecule has 0 atom stereocenters. The molecule has 56 heavy (non-hydrogen) atoms. The first-order chi connectivity index (χ1) is 27.5. The lowest BCUT2D eigenvalue weighted by Crippen LogP contribution is -2.15. The van der Waals surface area contributed by atoms with Gasteiger partial charge >= 0.3 is 0 Å². The van der Waals surface area contributed by atoms with Crippen LogP contribution in [0.15, 0.2) is 186 Å². The van der Waals surface area contributed by atoms with Gasteiger partial charge in [0.15, 0.2) is 0 Å². The van der Waals surface area contributed by atoms with Crippen molar-refractivity contribution in [2.75, 3.05) is 0 Å². The van der Waals surface area contributed by atoms with Crippen LogP contribution in [0.2, 0.25) is 0 Å². The quantitative estimate of drug-likeness (QED) is 0.166. The second-order valence-corrected chi connectivity index (χ2v) is 16.0. The number of rotatable bonds is 3. The fourth-order valence-corrected chi connectivity index (χ4v) is 9.90. The van der Waals surface area contributed by atoms with E-state index < -0.39 is 0 Å². The van der Waals surface area contributed by atoms with Crippen LogP contribution in [0, 0.1) is 0 Å². The van der Waals surface area contributed by atoms with Crippen LogP contribution in [-0.2, 0) is 5.41 Å². The van der Waals surface area contributed by atoms with E-state index in [1.165, 1.54) is 109 Å². The third-order valence-corrected chi connectivity index (χ3v) is 12.6. The van der Waals surface area contributed by atoms with Crippen molar-refractivity contribution in [2.45, 2.75) is 19.3 Å². The minimum absolute atomic E-state index is 0.175. The molecule has 1 nitrogen and oxygen atoms in total. The minimum Gasteiger partial charge on any atom is -0.456 e. The van der Waals surface area contributed by atoms with Crippen molar-refractivity contribution >= 4 is 65.0 Å². The molecule has 10 aromatic carbocycles. The lowest BCUT2D eigenvalue weighted by Gasteiger charge is -2.22. The molecular formula is C55H36O. The van der Waals surface area contributed by atoms with E-state index in [0.29, 0.717) is 0 Å². The summed E-state index contributed by atoms with van der Waals surface area (Å²) in [6, 6.07) is 67.2. The van der Waals surface area contributed by atoms with Gasteiger partial charge in [0.25, 0.3) is 0 Å². The highest BCUT2D eigenvalue weighted by Crippen LogP contribution is 2.52. The first-order valence-electron chi connectivity index (χ1n) is 19.6. The Balaban J connectivity index is 1.00. The highest BCUT2D eigenvalue weighted by atomic mass is 16.3. The van der Waals surface area contributed by atoms with Crippen molar-refractivity contribution in [2.24, 2.45) is 0 Å². The molecule has 0 amide bonds. The van der Waals surface area contributed by atoms with Gasteiger partial charge in [-0.3, -0.25) is 0 Å². The standard InChI is InChI=1S/C55H36O/c1-55(2)48-30-37(24-26-41(48)46-32-51-47(31-49(46)55)54-40-17-6-5-13-34(40)25-27-50(54)56-51)36-15-11-16-38(29-36)52-42-18-7-9-20-44(42)53(45-21-10-8-19-43(45)52)39-23-22-33-12-3-4-14-35(33)28-39/h3-32H,1-2H3. The molecule has 0 fully saturated rings. The average molecular weight is 713 g/mol. The normalized spacial score (nSPS) is 13.3. The van der Waals surface area contributed by atoms with Crippen molar-refractivity contribution in [1.29, 1.82) is 0 Å². The summed E-state index contributed by atoms with van der Waals surface area (Å²) in [5.41, 5.74) is 14.5. The fourth-order valence-electron chi connectivity index (χ4n) is 9.90. The molecule has 0 saturated heterocycles. The lowest BCUT2D eigenvalue weighted by molar-refractivity contribution is 0.658. The summed E-state index contributed by atoms with van der Waals surface area (Å²) in [5.74, 6) is 0. The molecule has 0 unspecified atom stereocenters. The maximum atomic E-state index is 6.53. The molecule has 11 aromatic rings. The third kappa shape index (κ3) is 4.43. The number of hydrogen-bond acceptors (Lipinski definition) is 1. The minimum atomic E-state index is -0.175. The molecule has 1 heterocycles. The largest absolute Gasteiger partial charge is 0.456 e.